The number of carbonyl (C=O) groups is 1. The van der Waals surface area contributed by atoms with E-state index in [1.165, 1.54) is 32.4 Å². The predicted molar refractivity (Wildman–Crippen MR) is 107 cm³/mol. The molecule has 0 radical (unpaired) electrons. The molecule has 4 fully saturated rings. The van der Waals surface area contributed by atoms with Crippen molar-refractivity contribution in [3.05, 3.63) is 41.5 Å². The van der Waals surface area contributed by atoms with Gasteiger partial charge >= 0.3 is 0 Å². The average Bonchev–Trinajstić information content (AvgIpc) is 2.67. The molecule has 4 bridgehead atoms. The summed E-state index contributed by atoms with van der Waals surface area (Å²) in [5.41, 5.74) is 2.89. The third kappa shape index (κ3) is 2.61. The lowest BCUT2D eigenvalue weighted by molar-refractivity contribution is -0.00611. The topological polar surface area (TPSA) is 66.8 Å². The molecular weight excluding hydrogens is 352 g/mol. The molecule has 2 aromatic rings. The molecule has 0 amide bonds. The lowest BCUT2D eigenvalue weighted by Gasteiger charge is -2.57. The van der Waals surface area contributed by atoms with E-state index >= 15 is 0 Å². The van der Waals surface area contributed by atoms with Gasteiger partial charge in [0.25, 0.3) is 0 Å². The first kappa shape index (κ1) is 17.6. The molecule has 28 heavy (non-hydrogen) atoms. The third-order valence-corrected chi connectivity index (χ3v) is 7.37. The third-order valence-electron chi connectivity index (χ3n) is 7.37. The maximum Gasteiger partial charge on any atom is 0.165 e. The minimum absolute atomic E-state index is 0.0234. The molecule has 2 N–H and O–H groups in total. The molecule has 146 valence electrons. The first-order valence-electron chi connectivity index (χ1n) is 10.2. The van der Waals surface area contributed by atoms with Crippen molar-refractivity contribution in [1.29, 1.82) is 0 Å². The summed E-state index contributed by atoms with van der Waals surface area (Å²) in [6, 6.07) is 8.80. The van der Waals surface area contributed by atoms with Gasteiger partial charge in [0.15, 0.2) is 11.5 Å². The van der Waals surface area contributed by atoms with Crippen LogP contribution < -0.4 is 4.74 Å². The minimum atomic E-state index is 0.0234. The molecule has 4 aliphatic rings. The Morgan fingerprint density at radius 2 is 1.64 bits per heavy atom. The fourth-order valence-corrected chi connectivity index (χ4v) is 6.64. The number of phenolic OH excluding ortho intramolecular Hbond substituents is 2. The summed E-state index contributed by atoms with van der Waals surface area (Å²) in [4.78, 5) is 11.3. The van der Waals surface area contributed by atoms with Crippen LogP contribution in [0, 0.1) is 17.8 Å². The lowest BCUT2D eigenvalue weighted by atomic mass is 9.48. The van der Waals surface area contributed by atoms with E-state index < -0.39 is 0 Å². The number of hydrogen-bond acceptors (Lipinski definition) is 4. The number of hydrogen-bond donors (Lipinski definition) is 2. The van der Waals surface area contributed by atoms with Gasteiger partial charge in [0.2, 0.25) is 0 Å². The molecule has 0 aromatic heterocycles. The molecule has 0 spiro atoms. The van der Waals surface area contributed by atoms with Crippen LogP contribution in [0.5, 0.6) is 17.2 Å². The Kier molecular flexibility index (Phi) is 3.94. The number of ether oxygens (including phenoxy) is 1. The number of rotatable bonds is 4. The summed E-state index contributed by atoms with van der Waals surface area (Å²) >= 11 is 0. The second-order valence-corrected chi connectivity index (χ2v) is 9.17. The highest BCUT2D eigenvalue weighted by Crippen LogP contribution is 2.62. The standard InChI is InChI=1S/C24H26O4/c1-28-22-8-17(13-25)7-19(23(22)27)18-2-3-21(26)20(9-18)24-10-14-4-15(11-24)6-16(5-14)12-24/h2-3,7-9,13-16,26-27H,4-6,10-12H2,1H3. The van der Waals surface area contributed by atoms with Crippen LogP contribution in [-0.2, 0) is 5.41 Å². The number of benzene rings is 2. The Hall–Kier alpha value is -2.49. The van der Waals surface area contributed by atoms with E-state index in [0.29, 0.717) is 16.9 Å². The van der Waals surface area contributed by atoms with Crippen molar-refractivity contribution in [2.75, 3.05) is 7.11 Å². The molecule has 0 aliphatic heterocycles. The first-order valence-corrected chi connectivity index (χ1v) is 10.2. The summed E-state index contributed by atoms with van der Waals surface area (Å²) in [6.07, 6.45) is 8.25. The van der Waals surface area contributed by atoms with Crippen molar-refractivity contribution in [2.24, 2.45) is 17.8 Å². The maximum absolute atomic E-state index is 11.3. The quantitative estimate of drug-likeness (QED) is 0.730. The molecule has 0 atom stereocenters. The normalized spacial score (nSPS) is 30.4. The van der Waals surface area contributed by atoms with E-state index in [1.54, 1.807) is 12.1 Å². The number of aromatic hydroxyl groups is 2. The van der Waals surface area contributed by atoms with E-state index in [-0.39, 0.29) is 16.9 Å². The second kappa shape index (κ2) is 6.26. The largest absolute Gasteiger partial charge is 0.508 e. The number of phenols is 2. The highest BCUT2D eigenvalue weighted by Gasteiger charge is 2.52. The Morgan fingerprint density at radius 1 is 1.00 bits per heavy atom. The van der Waals surface area contributed by atoms with Gasteiger partial charge in [0.1, 0.15) is 12.0 Å². The van der Waals surface area contributed by atoms with Crippen LogP contribution in [0.4, 0.5) is 0 Å². The highest BCUT2D eigenvalue weighted by molar-refractivity contribution is 5.84. The average molecular weight is 378 g/mol. The van der Waals surface area contributed by atoms with Crippen LogP contribution in [0.25, 0.3) is 11.1 Å². The zero-order valence-corrected chi connectivity index (χ0v) is 16.1. The van der Waals surface area contributed by atoms with Gasteiger partial charge in [0, 0.05) is 16.7 Å². The SMILES string of the molecule is COc1cc(C=O)cc(-c2ccc(O)c(C34CC5CC(CC(C5)C3)C4)c2)c1O. The van der Waals surface area contributed by atoms with E-state index in [1.807, 2.05) is 12.1 Å². The monoisotopic (exact) mass is 378 g/mol. The van der Waals surface area contributed by atoms with Gasteiger partial charge in [-0.05, 0) is 91.5 Å². The molecule has 4 aliphatic carbocycles. The van der Waals surface area contributed by atoms with E-state index in [4.69, 9.17) is 4.74 Å². The maximum atomic E-state index is 11.3. The van der Waals surface area contributed by atoms with Crippen molar-refractivity contribution in [2.45, 2.75) is 43.9 Å². The Balaban J connectivity index is 1.63. The van der Waals surface area contributed by atoms with Gasteiger partial charge in [-0.2, -0.15) is 0 Å². The Bertz CT molecular complexity index is 911. The molecule has 0 saturated heterocycles. The van der Waals surface area contributed by atoms with Crippen molar-refractivity contribution < 1.29 is 19.7 Å². The number of carbonyl (C=O) groups excluding carboxylic acids is 1. The summed E-state index contributed by atoms with van der Waals surface area (Å²) in [6.45, 7) is 0. The number of methoxy groups -OCH3 is 1. The van der Waals surface area contributed by atoms with Crippen LogP contribution in [-0.4, -0.2) is 23.6 Å². The smallest absolute Gasteiger partial charge is 0.165 e. The lowest BCUT2D eigenvalue weighted by Crippen LogP contribution is -2.48. The molecule has 4 nitrogen and oxygen atoms in total. The molecular formula is C24H26O4. The molecule has 6 rings (SSSR count). The van der Waals surface area contributed by atoms with Crippen molar-refractivity contribution in [1.82, 2.24) is 0 Å². The van der Waals surface area contributed by atoms with Crippen molar-refractivity contribution >= 4 is 6.29 Å². The molecule has 4 saturated carbocycles. The van der Waals surface area contributed by atoms with Gasteiger partial charge in [-0.3, -0.25) is 4.79 Å². The van der Waals surface area contributed by atoms with Gasteiger partial charge in [-0.15, -0.1) is 0 Å². The zero-order chi connectivity index (χ0) is 19.5. The van der Waals surface area contributed by atoms with E-state index in [2.05, 4.69) is 0 Å². The first-order chi connectivity index (χ1) is 13.5. The van der Waals surface area contributed by atoms with Gasteiger partial charge in [-0.25, -0.2) is 0 Å². The number of aldehydes is 1. The Morgan fingerprint density at radius 3 is 2.21 bits per heavy atom. The summed E-state index contributed by atoms with van der Waals surface area (Å²) < 4.78 is 5.25. The Labute approximate surface area is 165 Å². The van der Waals surface area contributed by atoms with Gasteiger partial charge < -0.3 is 14.9 Å². The highest BCUT2D eigenvalue weighted by atomic mass is 16.5. The van der Waals surface area contributed by atoms with Gasteiger partial charge in [-0.1, -0.05) is 6.07 Å². The van der Waals surface area contributed by atoms with E-state index in [9.17, 15) is 15.0 Å². The fourth-order valence-electron chi connectivity index (χ4n) is 6.64. The fraction of sp³-hybridized carbons (Fsp3) is 0.458. The summed E-state index contributed by atoms with van der Waals surface area (Å²) in [5.74, 6) is 2.99. The molecule has 4 heteroatoms. The van der Waals surface area contributed by atoms with Crippen LogP contribution in [0.1, 0.15) is 54.4 Å². The van der Waals surface area contributed by atoms with Crippen LogP contribution in [0.3, 0.4) is 0 Å². The molecule has 0 unspecified atom stereocenters. The van der Waals surface area contributed by atoms with Gasteiger partial charge in [0.05, 0.1) is 7.11 Å². The zero-order valence-electron chi connectivity index (χ0n) is 16.1. The van der Waals surface area contributed by atoms with Crippen molar-refractivity contribution in [3.8, 4) is 28.4 Å². The molecule has 2 aromatic carbocycles. The van der Waals surface area contributed by atoms with Crippen LogP contribution in [0.2, 0.25) is 0 Å². The minimum Gasteiger partial charge on any atom is -0.508 e. The van der Waals surface area contributed by atoms with Crippen molar-refractivity contribution in [3.63, 3.8) is 0 Å². The molecule has 0 heterocycles. The second-order valence-electron chi connectivity index (χ2n) is 9.17. The van der Waals surface area contributed by atoms with Crippen LogP contribution >= 0.6 is 0 Å². The summed E-state index contributed by atoms with van der Waals surface area (Å²) in [5, 5.41) is 21.4. The predicted octanol–water partition coefficient (Wildman–Crippen LogP) is 5.05. The summed E-state index contributed by atoms with van der Waals surface area (Å²) in [7, 11) is 1.48. The van der Waals surface area contributed by atoms with E-state index in [0.717, 1.165) is 54.4 Å². The van der Waals surface area contributed by atoms with Crippen LogP contribution in [0.15, 0.2) is 30.3 Å².